The number of carbonyl (C=O) groups excluding carboxylic acids is 3. The zero-order chi connectivity index (χ0) is 23.5. The molecule has 1 aromatic carbocycles. The van der Waals surface area contributed by atoms with Crippen molar-refractivity contribution in [2.24, 2.45) is 11.8 Å². The van der Waals surface area contributed by atoms with E-state index in [1.54, 1.807) is 0 Å². The van der Waals surface area contributed by atoms with E-state index < -0.39 is 0 Å². The number of aryl methyl sites for hydroxylation is 1. The molecule has 4 aliphatic heterocycles. The molecule has 0 radical (unpaired) electrons. The van der Waals surface area contributed by atoms with Crippen LogP contribution < -0.4 is 5.32 Å². The number of nitrogens with zero attached hydrogens (tertiary/aromatic N) is 3. The van der Waals surface area contributed by atoms with Crippen molar-refractivity contribution in [1.82, 2.24) is 20.0 Å². The molecule has 7 nitrogen and oxygen atoms in total. The van der Waals surface area contributed by atoms with Crippen LogP contribution in [0.3, 0.4) is 0 Å². The van der Waals surface area contributed by atoms with Crippen molar-refractivity contribution in [3.63, 3.8) is 0 Å². The van der Waals surface area contributed by atoms with Gasteiger partial charge >= 0.3 is 6.03 Å². The first-order chi connectivity index (χ1) is 16.6. The molecule has 0 aromatic heterocycles. The Labute approximate surface area is 202 Å². The van der Waals surface area contributed by atoms with Gasteiger partial charge < -0.3 is 20.0 Å². The minimum atomic E-state index is 0.121. The number of amides is 4. The molecule has 0 aliphatic carbocycles. The molecule has 1 aromatic rings. The molecule has 5 rings (SSSR count). The van der Waals surface area contributed by atoms with Crippen LogP contribution in [-0.2, 0) is 16.0 Å². The summed E-state index contributed by atoms with van der Waals surface area (Å²) in [6, 6.07) is 10.9. The van der Waals surface area contributed by atoms with Gasteiger partial charge in [0, 0.05) is 57.6 Å². The Bertz CT molecular complexity index is 883. The summed E-state index contributed by atoms with van der Waals surface area (Å²) in [4.78, 5) is 44.2. The highest BCUT2D eigenvalue weighted by Gasteiger charge is 2.45. The summed E-state index contributed by atoms with van der Waals surface area (Å²) in [6.45, 7) is 3.77. The highest BCUT2D eigenvalue weighted by molar-refractivity contribution is 5.78. The second kappa shape index (κ2) is 10.4. The molecule has 4 aliphatic rings. The molecule has 7 heteroatoms. The first-order valence-corrected chi connectivity index (χ1v) is 13.2. The van der Waals surface area contributed by atoms with Crippen LogP contribution in [0.5, 0.6) is 0 Å². The van der Waals surface area contributed by atoms with Gasteiger partial charge in [0.05, 0.1) is 0 Å². The lowest BCUT2D eigenvalue weighted by Crippen LogP contribution is -2.62. The van der Waals surface area contributed by atoms with Gasteiger partial charge in [-0.3, -0.25) is 9.59 Å². The van der Waals surface area contributed by atoms with Crippen molar-refractivity contribution >= 4 is 17.8 Å². The number of rotatable bonds is 5. The number of carbonyl (C=O) groups is 3. The number of hydrogen-bond donors (Lipinski definition) is 1. The maximum absolute atomic E-state index is 13.3. The normalized spacial score (nSPS) is 27.4. The van der Waals surface area contributed by atoms with Gasteiger partial charge in [-0.05, 0) is 62.3 Å². The molecule has 2 bridgehead atoms. The maximum atomic E-state index is 13.3. The first-order valence-electron chi connectivity index (χ1n) is 13.2. The first kappa shape index (κ1) is 23.2. The summed E-state index contributed by atoms with van der Waals surface area (Å²) >= 11 is 0. The van der Waals surface area contributed by atoms with E-state index in [1.807, 2.05) is 23.1 Å². The maximum Gasteiger partial charge on any atom is 0.320 e. The quantitative estimate of drug-likeness (QED) is 0.725. The van der Waals surface area contributed by atoms with Crippen LogP contribution >= 0.6 is 0 Å². The van der Waals surface area contributed by atoms with E-state index in [9.17, 15) is 14.4 Å². The van der Waals surface area contributed by atoms with Crippen LogP contribution in [0.25, 0.3) is 0 Å². The van der Waals surface area contributed by atoms with E-state index in [0.29, 0.717) is 49.7 Å². The number of likely N-dealkylation sites (tertiary alicyclic amines) is 2. The molecule has 184 valence electrons. The van der Waals surface area contributed by atoms with Gasteiger partial charge in [0.15, 0.2) is 0 Å². The monoisotopic (exact) mass is 466 g/mol. The van der Waals surface area contributed by atoms with Gasteiger partial charge in [-0.2, -0.15) is 0 Å². The van der Waals surface area contributed by atoms with Crippen LogP contribution in [0.1, 0.15) is 56.9 Å². The summed E-state index contributed by atoms with van der Waals surface area (Å²) in [6.07, 6.45) is 7.88. The average Bonchev–Trinajstić information content (AvgIpc) is 2.85. The Morgan fingerprint density at radius 2 is 1.76 bits per heavy atom. The standard InChI is InChI=1S/C27H38N4O3/c32-25(10-4-8-20-6-2-1-3-7-20)28-23-12-14-29(15-13-23)27(34)30-17-21-16-22(19-30)24-9-5-11-26(33)31(24)18-21/h1-3,6-7,21-24H,4-5,8-19H2,(H,28,32)/t21-,22-,24-/m1/s1. The molecule has 4 saturated heterocycles. The topological polar surface area (TPSA) is 73.0 Å². The third kappa shape index (κ3) is 5.23. The molecule has 0 unspecified atom stereocenters. The van der Waals surface area contributed by atoms with Crippen molar-refractivity contribution in [2.45, 2.75) is 69.9 Å². The lowest BCUT2D eigenvalue weighted by atomic mass is 9.76. The zero-order valence-corrected chi connectivity index (χ0v) is 20.2. The number of urea groups is 1. The van der Waals surface area contributed by atoms with Crippen LogP contribution in [0.2, 0.25) is 0 Å². The van der Waals surface area contributed by atoms with E-state index >= 15 is 0 Å². The summed E-state index contributed by atoms with van der Waals surface area (Å²) < 4.78 is 0. The van der Waals surface area contributed by atoms with Crippen LogP contribution in [0.4, 0.5) is 4.79 Å². The van der Waals surface area contributed by atoms with E-state index in [0.717, 1.165) is 64.6 Å². The molecule has 4 amide bonds. The molecule has 4 fully saturated rings. The predicted molar refractivity (Wildman–Crippen MR) is 130 cm³/mol. The summed E-state index contributed by atoms with van der Waals surface area (Å²) in [5, 5.41) is 3.18. The number of benzene rings is 1. The lowest BCUT2D eigenvalue weighted by molar-refractivity contribution is -0.144. The largest absolute Gasteiger partial charge is 0.353 e. The zero-order valence-electron chi connectivity index (χ0n) is 20.2. The predicted octanol–water partition coefficient (Wildman–Crippen LogP) is 3.04. The Morgan fingerprint density at radius 1 is 0.971 bits per heavy atom. The fraction of sp³-hybridized carbons (Fsp3) is 0.667. The Hall–Kier alpha value is -2.57. The third-order valence-corrected chi connectivity index (χ3v) is 8.29. The second-order valence-corrected chi connectivity index (χ2v) is 10.7. The minimum absolute atomic E-state index is 0.121. The van der Waals surface area contributed by atoms with E-state index in [1.165, 1.54) is 5.56 Å². The van der Waals surface area contributed by atoms with Gasteiger partial charge in [-0.25, -0.2) is 4.79 Å². The second-order valence-electron chi connectivity index (χ2n) is 10.7. The average molecular weight is 467 g/mol. The Balaban J connectivity index is 1.05. The SMILES string of the molecule is O=C(CCCc1ccccc1)NC1CCN(C(=O)N2C[C@H]3C[C@H](C2)[C@H]2CCCC(=O)N2C3)CC1. The minimum Gasteiger partial charge on any atom is -0.353 e. The molecular weight excluding hydrogens is 428 g/mol. The number of piperidine rings is 4. The van der Waals surface area contributed by atoms with E-state index in [2.05, 4.69) is 27.2 Å². The van der Waals surface area contributed by atoms with Gasteiger partial charge in [-0.15, -0.1) is 0 Å². The summed E-state index contributed by atoms with van der Waals surface area (Å²) in [7, 11) is 0. The van der Waals surface area contributed by atoms with Gasteiger partial charge in [0.25, 0.3) is 0 Å². The van der Waals surface area contributed by atoms with E-state index in [4.69, 9.17) is 0 Å². The number of fused-ring (bicyclic) bond motifs is 4. The van der Waals surface area contributed by atoms with Crippen molar-refractivity contribution in [3.05, 3.63) is 35.9 Å². The van der Waals surface area contributed by atoms with Crippen molar-refractivity contribution in [2.75, 3.05) is 32.7 Å². The molecule has 4 heterocycles. The van der Waals surface area contributed by atoms with Crippen molar-refractivity contribution < 1.29 is 14.4 Å². The Morgan fingerprint density at radius 3 is 2.56 bits per heavy atom. The lowest BCUT2D eigenvalue weighted by Gasteiger charge is -2.53. The number of nitrogens with one attached hydrogen (secondary N) is 1. The van der Waals surface area contributed by atoms with Crippen molar-refractivity contribution in [3.8, 4) is 0 Å². The fourth-order valence-electron chi connectivity index (χ4n) is 6.58. The van der Waals surface area contributed by atoms with Crippen LogP contribution in [0, 0.1) is 11.8 Å². The summed E-state index contributed by atoms with van der Waals surface area (Å²) in [5.74, 6) is 1.27. The molecule has 1 N–H and O–H groups in total. The van der Waals surface area contributed by atoms with Crippen LogP contribution in [-0.4, -0.2) is 77.4 Å². The molecule has 0 spiro atoms. The fourth-order valence-corrected chi connectivity index (χ4v) is 6.58. The third-order valence-electron chi connectivity index (χ3n) is 8.29. The van der Waals surface area contributed by atoms with Crippen LogP contribution in [0.15, 0.2) is 30.3 Å². The van der Waals surface area contributed by atoms with Crippen molar-refractivity contribution in [1.29, 1.82) is 0 Å². The summed E-state index contributed by atoms with van der Waals surface area (Å²) in [5.41, 5.74) is 1.27. The van der Waals surface area contributed by atoms with E-state index in [-0.39, 0.29) is 18.0 Å². The highest BCUT2D eigenvalue weighted by atomic mass is 16.2. The molecule has 34 heavy (non-hydrogen) atoms. The molecule has 3 atom stereocenters. The van der Waals surface area contributed by atoms with Gasteiger partial charge in [-0.1, -0.05) is 30.3 Å². The highest BCUT2D eigenvalue weighted by Crippen LogP contribution is 2.38. The van der Waals surface area contributed by atoms with Gasteiger partial charge in [0.2, 0.25) is 11.8 Å². The molecular formula is C27H38N4O3. The van der Waals surface area contributed by atoms with Gasteiger partial charge in [0.1, 0.15) is 0 Å². The molecule has 0 saturated carbocycles. The smallest absolute Gasteiger partial charge is 0.320 e. The Kier molecular flexibility index (Phi) is 7.07. The number of hydrogen-bond acceptors (Lipinski definition) is 3.